The second-order valence-electron chi connectivity index (χ2n) is 4.65. The van der Waals surface area contributed by atoms with Crippen molar-refractivity contribution in [1.29, 1.82) is 0 Å². The van der Waals surface area contributed by atoms with E-state index in [0.717, 1.165) is 17.0 Å². The van der Waals surface area contributed by atoms with Crippen LogP contribution in [-0.4, -0.2) is 19.7 Å². The molecular formula is C15H15N5. The molecule has 0 fully saturated rings. The molecule has 3 rings (SSSR count). The van der Waals surface area contributed by atoms with E-state index < -0.39 is 0 Å². The molecule has 20 heavy (non-hydrogen) atoms. The lowest BCUT2D eigenvalue weighted by atomic mass is 10.1. The molecule has 0 saturated carbocycles. The summed E-state index contributed by atoms with van der Waals surface area (Å²) < 4.78 is 1.64. The summed E-state index contributed by atoms with van der Waals surface area (Å²) in [5, 5.41) is 4.36. The van der Waals surface area contributed by atoms with Crippen molar-refractivity contribution in [3.05, 3.63) is 54.0 Å². The number of nitrogens with zero attached hydrogens (tertiary/aromatic N) is 4. The van der Waals surface area contributed by atoms with Crippen LogP contribution in [-0.2, 0) is 0 Å². The third-order valence-corrected chi connectivity index (χ3v) is 2.97. The van der Waals surface area contributed by atoms with E-state index in [-0.39, 0.29) is 0 Å². The molecule has 0 spiro atoms. The van der Waals surface area contributed by atoms with Gasteiger partial charge in [0, 0.05) is 17.7 Å². The summed E-state index contributed by atoms with van der Waals surface area (Å²) in [6.45, 7) is 3.77. The molecule has 0 saturated heterocycles. The molecule has 3 aromatic rings. The van der Waals surface area contributed by atoms with Crippen LogP contribution in [0.4, 0.5) is 5.82 Å². The molecule has 0 atom stereocenters. The Kier molecular flexibility index (Phi) is 2.95. The third kappa shape index (κ3) is 2.25. The van der Waals surface area contributed by atoms with Crippen molar-refractivity contribution in [1.82, 2.24) is 19.7 Å². The first-order valence-electron chi connectivity index (χ1n) is 6.37. The van der Waals surface area contributed by atoms with Gasteiger partial charge in [0.25, 0.3) is 0 Å². The van der Waals surface area contributed by atoms with Crippen molar-refractivity contribution >= 4 is 5.82 Å². The van der Waals surface area contributed by atoms with Gasteiger partial charge in [0.1, 0.15) is 11.6 Å². The van der Waals surface area contributed by atoms with Crippen LogP contribution in [0, 0.1) is 13.8 Å². The maximum atomic E-state index is 5.95. The van der Waals surface area contributed by atoms with Crippen molar-refractivity contribution in [2.45, 2.75) is 13.8 Å². The molecule has 2 N–H and O–H groups in total. The van der Waals surface area contributed by atoms with Gasteiger partial charge < -0.3 is 5.73 Å². The highest BCUT2D eigenvalue weighted by Crippen LogP contribution is 2.20. The number of nitrogens with two attached hydrogens (primary N) is 1. The van der Waals surface area contributed by atoms with Crippen LogP contribution in [0.3, 0.4) is 0 Å². The summed E-state index contributed by atoms with van der Waals surface area (Å²) in [7, 11) is 0. The molecule has 0 radical (unpaired) electrons. The Labute approximate surface area is 117 Å². The number of rotatable bonds is 2. The second-order valence-corrected chi connectivity index (χ2v) is 4.65. The fourth-order valence-electron chi connectivity index (χ4n) is 2.12. The average molecular weight is 265 g/mol. The summed E-state index contributed by atoms with van der Waals surface area (Å²) in [5.41, 5.74) is 8.72. The molecular weight excluding hydrogens is 250 g/mol. The lowest BCUT2D eigenvalue weighted by Crippen LogP contribution is -2.06. The largest absolute Gasteiger partial charge is 0.384 e. The smallest absolute Gasteiger partial charge is 0.159 e. The highest BCUT2D eigenvalue weighted by Gasteiger charge is 2.09. The SMILES string of the molecule is Cc1cc(N)n(-c2cc(-c3ccccc3)nc(C)n2)n1. The van der Waals surface area contributed by atoms with Gasteiger partial charge in [-0.1, -0.05) is 30.3 Å². The summed E-state index contributed by atoms with van der Waals surface area (Å²) in [5.74, 6) is 1.94. The van der Waals surface area contributed by atoms with E-state index in [2.05, 4.69) is 15.1 Å². The Bertz CT molecular complexity index is 746. The summed E-state index contributed by atoms with van der Waals surface area (Å²) in [6.07, 6.45) is 0. The van der Waals surface area contributed by atoms with Gasteiger partial charge in [-0.25, -0.2) is 9.97 Å². The molecule has 5 nitrogen and oxygen atoms in total. The molecule has 0 unspecified atom stereocenters. The van der Waals surface area contributed by atoms with E-state index in [1.54, 1.807) is 4.68 Å². The summed E-state index contributed by atoms with van der Waals surface area (Å²) >= 11 is 0. The highest BCUT2D eigenvalue weighted by atomic mass is 15.3. The summed E-state index contributed by atoms with van der Waals surface area (Å²) in [6, 6.07) is 13.7. The van der Waals surface area contributed by atoms with Crippen LogP contribution in [0.2, 0.25) is 0 Å². The quantitative estimate of drug-likeness (QED) is 0.773. The Hall–Kier alpha value is -2.69. The zero-order chi connectivity index (χ0) is 14.1. The second kappa shape index (κ2) is 4.77. The first-order chi connectivity index (χ1) is 9.63. The van der Waals surface area contributed by atoms with Gasteiger partial charge in [-0.3, -0.25) is 0 Å². The number of benzene rings is 1. The van der Waals surface area contributed by atoms with Gasteiger partial charge in [0.05, 0.1) is 11.4 Å². The van der Waals surface area contributed by atoms with Gasteiger partial charge in [-0.2, -0.15) is 9.78 Å². The monoisotopic (exact) mass is 265 g/mol. The van der Waals surface area contributed by atoms with Gasteiger partial charge in [-0.15, -0.1) is 0 Å². The van der Waals surface area contributed by atoms with Crippen LogP contribution in [0.5, 0.6) is 0 Å². The lowest BCUT2D eigenvalue weighted by Gasteiger charge is -2.07. The normalized spacial score (nSPS) is 10.7. The van der Waals surface area contributed by atoms with E-state index in [1.807, 2.05) is 56.3 Å². The van der Waals surface area contributed by atoms with E-state index in [9.17, 15) is 0 Å². The van der Waals surface area contributed by atoms with Crippen LogP contribution in [0.15, 0.2) is 42.5 Å². The van der Waals surface area contributed by atoms with Crippen LogP contribution < -0.4 is 5.73 Å². The van der Waals surface area contributed by atoms with Crippen LogP contribution in [0.25, 0.3) is 17.1 Å². The number of anilines is 1. The molecule has 0 amide bonds. The van der Waals surface area contributed by atoms with Gasteiger partial charge >= 0.3 is 0 Å². The van der Waals surface area contributed by atoms with Crippen molar-refractivity contribution in [3.63, 3.8) is 0 Å². The zero-order valence-electron chi connectivity index (χ0n) is 11.4. The molecule has 0 bridgehead atoms. The maximum Gasteiger partial charge on any atom is 0.159 e. The Morgan fingerprint density at radius 2 is 1.75 bits per heavy atom. The number of hydrogen-bond acceptors (Lipinski definition) is 4. The minimum absolute atomic E-state index is 0.569. The molecule has 0 aliphatic heterocycles. The Morgan fingerprint density at radius 1 is 1.00 bits per heavy atom. The topological polar surface area (TPSA) is 69.6 Å². The van der Waals surface area contributed by atoms with Crippen molar-refractivity contribution in [2.75, 3.05) is 5.73 Å². The minimum Gasteiger partial charge on any atom is -0.384 e. The molecule has 5 heteroatoms. The molecule has 1 aromatic carbocycles. The van der Waals surface area contributed by atoms with Crippen molar-refractivity contribution < 1.29 is 0 Å². The van der Waals surface area contributed by atoms with Gasteiger partial charge in [0.15, 0.2) is 5.82 Å². The standard InChI is InChI=1S/C15H15N5/c1-10-8-14(16)20(19-10)15-9-13(17-11(2)18-15)12-6-4-3-5-7-12/h3-9H,16H2,1-2H3. The molecule has 100 valence electrons. The minimum atomic E-state index is 0.569. The molecule has 2 heterocycles. The molecule has 0 aliphatic carbocycles. The molecule has 0 aliphatic rings. The predicted octanol–water partition coefficient (Wildman–Crippen LogP) is 2.53. The Morgan fingerprint density at radius 3 is 2.40 bits per heavy atom. The van der Waals surface area contributed by atoms with E-state index in [1.165, 1.54) is 0 Å². The predicted molar refractivity (Wildman–Crippen MR) is 78.5 cm³/mol. The summed E-state index contributed by atoms with van der Waals surface area (Å²) in [4.78, 5) is 8.89. The fourth-order valence-corrected chi connectivity index (χ4v) is 2.12. The van der Waals surface area contributed by atoms with E-state index in [4.69, 9.17) is 5.73 Å². The number of nitrogen functional groups attached to an aromatic ring is 1. The number of hydrogen-bond donors (Lipinski definition) is 1. The van der Waals surface area contributed by atoms with Gasteiger partial charge in [0.2, 0.25) is 0 Å². The molecule has 2 aromatic heterocycles. The average Bonchev–Trinajstić information content (AvgIpc) is 2.78. The van der Waals surface area contributed by atoms with E-state index >= 15 is 0 Å². The van der Waals surface area contributed by atoms with Crippen molar-refractivity contribution in [2.24, 2.45) is 0 Å². The fraction of sp³-hybridized carbons (Fsp3) is 0.133. The first kappa shape index (κ1) is 12.3. The van der Waals surface area contributed by atoms with Gasteiger partial charge in [-0.05, 0) is 13.8 Å². The first-order valence-corrected chi connectivity index (χ1v) is 6.37. The van der Waals surface area contributed by atoms with E-state index in [0.29, 0.717) is 17.5 Å². The number of aromatic nitrogens is 4. The highest BCUT2D eigenvalue weighted by molar-refractivity contribution is 5.61. The Balaban J connectivity index is 2.14. The van der Waals surface area contributed by atoms with Crippen molar-refractivity contribution in [3.8, 4) is 17.1 Å². The third-order valence-electron chi connectivity index (χ3n) is 2.97. The zero-order valence-corrected chi connectivity index (χ0v) is 11.4. The lowest BCUT2D eigenvalue weighted by molar-refractivity contribution is 0.826. The van der Waals surface area contributed by atoms with Crippen LogP contribution in [0.1, 0.15) is 11.5 Å². The maximum absolute atomic E-state index is 5.95. The number of aryl methyl sites for hydroxylation is 2. The van der Waals surface area contributed by atoms with Crippen LogP contribution >= 0.6 is 0 Å².